The lowest BCUT2D eigenvalue weighted by Crippen LogP contribution is -2.43. The molecule has 9 nitrogen and oxygen atoms in total. The van der Waals surface area contributed by atoms with E-state index >= 15 is 0 Å². The molecule has 0 unspecified atom stereocenters. The molecule has 1 amide bonds. The maximum Gasteiger partial charge on any atom is 0.246 e. The molecule has 180 valence electrons. The minimum absolute atomic E-state index is 0.0578. The van der Waals surface area contributed by atoms with Gasteiger partial charge >= 0.3 is 0 Å². The van der Waals surface area contributed by atoms with Crippen LogP contribution in [-0.4, -0.2) is 60.4 Å². The van der Waals surface area contributed by atoms with Gasteiger partial charge in [-0.05, 0) is 56.2 Å². The number of rotatable bonds is 8. The van der Waals surface area contributed by atoms with Gasteiger partial charge < -0.3 is 14.2 Å². The highest BCUT2D eigenvalue weighted by Gasteiger charge is 2.33. The van der Waals surface area contributed by atoms with E-state index in [2.05, 4.69) is 10.1 Å². The van der Waals surface area contributed by atoms with Crippen LogP contribution in [0.2, 0.25) is 0 Å². The lowest BCUT2D eigenvalue weighted by Gasteiger charge is -2.32. The minimum Gasteiger partial charge on any atom is -0.494 e. The Bertz CT molecular complexity index is 1200. The number of sulfonamides is 1. The van der Waals surface area contributed by atoms with Crippen molar-refractivity contribution in [2.45, 2.75) is 31.2 Å². The van der Waals surface area contributed by atoms with Gasteiger partial charge in [0.1, 0.15) is 5.75 Å². The second-order valence-corrected chi connectivity index (χ2v) is 10.1. The maximum atomic E-state index is 13.0. The van der Waals surface area contributed by atoms with Crippen LogP contribution in [-0.2, 0) is 21.4 Å². The Kier molecular flexibility index (Phi) is 7.28. The van der Waals surface area contributed by atoms with E-state index in [4.69, 9.17) is 9.26 Å². The van der Waals surface area contributed by atoms with Gasteiger partial charge in [0, 0.05) is 31.6 Å². The molecule has 1 saturated heterocycles. The summed E-state index contributed by atoms with van der Waals surface area (Å²) >= 11 is 0. The predicted molar refractivity (Wildman–Crippen MR) is 125 cm³/mol. The summed E-state index contributed by atoms with van der Waals surface area (Å²) in [5.74, 6) is 1.24. The van der Waals surface area contributed by atoms with Crippen molar-refractivity contribution in [1.82, 2.24) is 19.3 Å². The van der Waals surface area contributed by atoms with Gasteiger partial charge in [0.15, 0.2) is 0 Å². The molecule has 1 aliphatic heterocycles. The zero-order valence-corrected chi connectivity index (χ0v) is 20.1. The standard InChI is InChI=1S/C24H28N4O5S/c1-3-32-20-11-9-18(10-12-20)23-25-22(33-26-23)17-27(2)24(29)19-13-15-28(16-14-19)34(30,31)21-7-5-4-6-8-21/h4-12,19H,3,13-17H2,1-2H3. The highest BCUT2D eigenvalue weighted by atomic mass is 32.2. The number of benzene rings is 2. The van der Waals surface area contributed by atoms with Crippen molar-refractivity contribution in [3.8, 4) is 17.1 Å². The molecule has 2 aromatic carbocycles. The largest absolute Gasteiger partial charge is 0.494 e. The van der Waals surface area contributed by atoms with Gasteiger partial charge in [0.05, 0.1) is 18.0 Å². The smallest absolute Gasteiger partial charge is 0.246 e. The summed E-state index contributed by atoms with van der Waals surface area (Å²) in [6.07, 6.45) is 0.937. The van der Waals surface area contributed by atoms with Crippen molar-refractivity contribution in [3.63, 3.8) is 0 Å². The molecule has 0 bridgehead atoms. The summed E-state index contributed by atoms with van der Waals surface area (Å²) < 4.78 is 37.8. The normalized spacial score (nSPS) is 15.2. The Morgan fingerprint density at radius 1 is 1.12 bits per heavy atom. The zero-order valence-electron chi connectivity index (χ0n) is 19.3. The Labute approximate surface area is 199 Å². The lowest BCUT2D eigenvalue weighted by atomic mass is 9.97. The Balaban J connectivity index is 1.32. The van der Waals surface area contributed by atoms with Crippen molar-refractivity contribution in [1.29, 1.82) is 0 Å². The first-order chi connectivity index (χ1) is 16.4. The number of hydrogen-bond donors (Lipinski definition) is 0. The summed E-state index contributed by atoms with van der Waals surface area (Å²) in [5, 5.41) is 4.01. The fourth-order valence-electron chi connectivity index (χ4n) is 3.98. The Hall–Kier alpha value is -3.24. The first kappa shape index (κ1) is 23.9. The molecule has 4 rings (SSSR count). The van der Waals surface area contributed by atoms with Gasteiger partial charge in [-0.2, -0.15) is 9.29 Å². The molecule has 1 aliphatic rings. The third kappa shape index (κ3) is 5.28. The number of aromatic nitrogens is 2. The van der Waals surface area contributed by atoms with Crippen LogP contribution in [0.5, 0.6) is 5.75 Å². The van der Waals surface area contributed by atoms with Crippen LogP contribution in [0.3, 0.4) is 0 Å². The summed E-state index contributed by atoms with van der Waals surface area (Å²) in [4.78, 5) is 19.2. The molecule has 0 saturated carbocycles. The van der Waals surface area contributed by atoms with E-state index in [-0.39, 0.29) is 23.3 Å². The molecule has 0 N–H and O–H groups in total. The zero-order chi connectivity index (χ0) is 24.1. The molecule has 0 atom stereocenters. The molecule has 0 spiro atoms. The molecule has 10 heteroatoms. The average molecular weight is 485 g/mol. The molecular formula is C24H28N4O5S. The number of piperidine rings is 1. The van der Waals surface area contributed by atoms with Crippen LogP contribution in [0.4, 0.5) is 0 Å². The van der Waals surface area contributed by atoms with E-state index < -0.39 is 10.0 Å². The molecule has 34 heavy (non-hydrogen) atoms. The van der Waals surface area contributed by atoms with Gasteiger partial charge in [-0.1, -0.05) is 23.4 Å². The predicted octanol–water partition coefficient (Wildman–Crippen LogP) is 3.19. The highest BCUT2D eigenvalue weighted by Crippen LogP contribution is 2.26. The third-order valence-corrected chi connectivity index (χ3v) is 7.74. The molecule has 0 radical (unpaired) electrons. The second-order valence-electron chi connectivity index (χ2n) is 8.15. The van der Waals surface area contributed by atoms with Crippen molar-refractivity contribution >= 4 is 15.9 Å². The molecule has 2 heterocycles. The number of carbonyl (C=O) groups excluding carboxylic acids is 1. The monoisotopic (exact) mass is 484 g/mol. The Morgan fingerprint density at radius 2 is 1.79 bits per heavy atom. The highest BCUT2D eigenvalue weighted by molar-refractivity contribution is 7.89. The van der Waals surface area contributed by atoms with E-state index in [1.165, 1.54) is 4.31 Å². The summed E-state index contributed by atoms with van der Waals surface area (Å²) in [6, 6.07) is 15.8. The van der Waals surface area contributed by atoms with Gasteiger partial charge in [-0.25, -0.2) is 8.42 Å². The molecule has 1 fully saturated rings. The maximum absolute atomic E-state index is 13.0. The second kappa shape index (κ2) is 10.4. The van der Waals surface area contributed by atoms with Gasteiger partial charge in [0.25, 0.3) is 0 Å². The molecule has 3 aromatic rings. The van der Waals surface area contributed by atoms with Crippen molar-refractivity contribution in [2.75, 3.05) is 26.7 Å². The number of ether oxygens (including phenoxy) is 1. The minimum atomic E-state index is -3.54. The fourth-order valence-corrected chi connectivity index (χ4v) is 5.47. The lowest BCUT2D eigenvalue weighted by molar-refractivity contribution is -0.136. The number of carbonyl (C=O) groups is 1. The average Bonchev–Trinajstić information content (AvgIpc) is 3.33. The van der Waals surface area contributed by atoms with Crippen LogP contribution < -0.4 is 4.74 Å². The van der Waals surface area contributed by atoms with E-state index in [1.807, 2.05) is 31.2 Å². The first-order valence-electron chi connectivity index (χ1n) is 11.2. The van der Waals surface area contributed by atoms with Crippen molar-refractivity contribution < 1.29 is 22.5 Å². The molecular weight excluding hydrogens is 456 g/mol. The van der Waals surface area contributed by atoms with Crippen LogP contribution in [0.15, 0.2) is 64.0 Å². The van der Waals surface area contributed by atoms with E-state index in [9.17, 15) is 13.2 Å². The number of nitrogens with zero attached hydrogens (tertiary/aromatic N) is 4. The topological polar surface area (TPSA) is 106 Å². The van der Waals surface area contributed by atoms with Crippen molar-refractivity contribution in [3.05, 3.63) is 60.5 Å². The van der Waals surface area contributed by atoms with Crippen LogP contribution >= 0.6 is 0 Å². The van der Waals surface area contributed by atoms with Gasteiger partial charge in [-0.15, -0.1) is 0 Å². The van der Waals surface area contributed by atoms with Gasteiger partial charge in [0.2, 0.25) is 27.6 Å². The summed E-state index contributed by atoms with van der Waals surface area (Å²) in [7, 11) is -1.85. The first-order valence-corrected chi connectivity index (χ1v) is 12.7. The third-order valence-electron chi connectivity index (χ3n) is 5.82. The summed E-state index contributed by atoms with van der Waals surface area (Å²) in [6.45, 7) is 3.32. The van der Waals surface area contributed by atoms with Crippen molar-refractivity contribution in [2.24, 2.45) is 5.92 Å². The van der Waals surface area contributed by atoms with E-state index in [0.29, 0.717) is 44.3 Å². The fraction of sp³-hybridized carbons (Fsp3) is 0.375. The van der Waals surface area contributed by atoms with Gasteiger partial charge in [-0.3, -0.25) is 4.79 Å². The van der Waals surface area contributed by atoms with E-state index in [1.54, 1.807) is 42.3 Å². The number of amides is 1. The molecule has 1 aromatic heterocycles. The van der Waals surface area contributed by atoms with E-state index in [0.717, 1.165) is 11.3 Å². The van der Waals surface area contributed by atoms with Crippen LogP contribution in [0, 0.1) is 5.92 Å². The van der Waals surface area contributed by atoms with Crippen LogP contribution in [0.25, 0.3) is 11.4 Å². The Morgan fingerprint density at radius 3 is 2.44 bits per heavy atom. The molecule has 0 aliphatic carbocycles. The SMILES string of the molecule is CCOc1ccc(-c2noc(CN(C)C(=O)C3CCN(S(=O)(=O)c4ccccc4)CC3)n2)cc1. The quantitative estimate of drug-likeness (QED) is 0.483. The number of hydrogen-bond acceptors (Lipinski definition) is 7. The summed E-state index contributed by atoms with van der Waals surface area (Å²) in [5.41, 5.74) is 0.791. The van der Waals surface area contributed by atoms with Crippen LogP contribution in [0.1, 0.15) is 25.7 Å².